The summed E-state index contributed by atoms with van der Waals surface area (Å²) in [5, 5.41) is 6.82. The van der Waals surface area contributed by atoms with Gasteiger partial charge in [0.2, 0.25) is 0 Å². The zero-order valence-electron chi connectivity index (χ0n) is 13.9. The first-order valence-corrected chi connectivity index (χ1v) is 8.12. The first kappa shape index (κ1) is 16.6. The standard InChI is InChI=1S/C18H19N5O2/c1-2-3-11-25-16-7-5-14(6-8-16)17(24)22-15-12-19-18(20-13-15)23-10-4-9-21-23/h4-10,12-13H,2-3,11H2,1H3,(H,22,24). The summed E-state index contributed by atoms with van der Waals surface area (Å²) >= 11 is 0. The van der Waals surface area contributed by atoms with Gasteiger partial charge in [0, 0.05) is 18.0 Å². The second kappa shape index (κ2) is 8.05. The van der Waals surface area contributed by atoms with Crippen LogP contribution < -0.4 is 10.1 Å². The molecule has 0 atom stereocenters. The molecular formula is C18H19N5O2. The third-order valence-electron chi connectivity index (χ3n) is 3.49. The Morgan fingerprint density at radius 1 is 1.20 bits per heavy atom. The van der Waals surface area contributed by atoms with E-state index in [0.717, 1.165) is 18.6 Å². The van der Waals surface area contributed by atoms with Crippen molar-refractivity contribution in [2.45, 2.75) is 19.8 Å². The van der Waals surface area contributed by atoms with Crippen LogP contribution in [-0.4, -0.2) is 32.3 Å². The predicted octanol–water partition coefficient (Wildman–Crippen LogP) is 3.09. The van der Waals surface area contributed by atoms with E-state index in [-0.39, 0.29) is 5.91 Å². The largest absolute Gasteiger partial charge is 0.494 e. The zero-order chi connectivity index (χ0) is 17.5. The van der Waals surface area contributed by atoms with Crippen molar-refractivity contribution in [2.24, 2.45) is 0 Å². The van der Waals surface area contributed by atoms with Crippen molar-refractivity contribution in [1.82, 2.24) is 19.7 Å². The van der Waals surface area contributed by atoms with Crippen molar-refractivity contribution in [3.8, 4) is 11.7 Å². The first-order chi connectivity index (χ1) is 12.3. The molecule has 2 aromatic heterocycles. The van der Waals surface area contributed by atoms with Gasteiger partial charge in [0.1, 0.15) is 5.75 Å². The Morgan fingerprint density at radius 3 is 2.60 bits per heavy atom. The van der Waals surface area contributed by atoms with Crippen LogP contribution in [0.15, 0.2) is 55.1 Å². The molecule has 1 amide bonds. The highest BCUT2D eigenvalue weighted by atomic mass is 16.5. The maximum Gasteiger partial charge on any atom is 0.255 e. The van der Waals surface area contributed by atoms with Crippen LogP contribution in [0.25, 0.3) is 5.95 Å². The highest BCUT2D eigenvalue weighted by molar-refractivity contribution is 6.04. The Labute approximate surface area is 145 Å². The molecular weight excluding hydrogens is 318 g/mol. The molecule has 7 heteroatoms. The van der Waals surface area contributed by atoms with Crippen molar-refractivity contribution in [2.75, 3.05) is 11.9 Å². The van der Waals surface area contributed by atoms with Crippen LogP contribution in [0.1, 0.15) is 30.1 Å². The molecule has 128 valence electrons. The van der Waals surface area contributed by atoms with Crippen molar-refractivity contribution < 1.29 is 9.53 Å². The van der Waals surface area contributed by atoms with Gasteiger partial charge in [-0.1, -0.05) is 13.3 Å². The fraction of sp³-hybridized carbons (Fsp3) is 0.222. The molecule has 1 N–H and O–H groups in total. The number of anilines is 1. The van der Waals surface area contributed by atoms with Gasteiger partial charge in [0.15, 0.2) is 0 Å². The molecule has 0 saturated heterocycles. The SMILES string of the molecule is CCCCOc1ccc(C(=O)Nc2cnc(-n3cccn3)nc2)cc1. The number of carbonyl (C=O) groups excluding carboxylic acids is 1. The van der Waals surface area contributed by atoms with E-state index in [4.69, 9.17) is 4.74 Å². The monoisotopic (exact) mass is 337 g/mol. The Balaban J connectivity index is 1.60. The maximum atomic E-state index is 12.3. The topological polar surface area (TPSA) is 81.9 Å². The van der Waals surface area contributed by atoms with Gasteiger partial charge in [-0.15, -0.1) is 0 Å². The van der Waals surface area contributed by atoms with Crippen molar-refractivity contribution in [3.05, 3.63) is 60.7 Å². The smallest absolute Gasteiger partial charge is 0.255 e. The van der Waals surface area contributed by atoms with Crippen LogP contribution in [0, 0.1) is 0 Å². The molecule has 1 aromatic carbocycles. The number of hydrogen-bond acceptors (Lipinski definition) is 5. The van der Waals surface area contributed by atoms with Crippen LogP contribution in [0.3, 0.4) is 0 Å². The second-order valence-corrected chi connectivity index (χ2v) is 5.40. The fourth-order valence-electron chi connectivity index (χ4n) is 2.13. The molecule has 0 bridgehead atoms. The summed E-state index contributed by atoms with van der Waals surface area (Å²) in [6, 6.07) is 8.84. The molecule has 0 radical (unpaired) electrons. The quantitative estimate of drug-likeness (QED) is 0.670. The fourth-order valence-corrected chi connectivity index (χ4v) is 2.13. The number of nitrogens with one attached hydrogen (secondary N) is 1. The summed E-state index contributed by atoms with van der Waals surface area (Å²) in [5.41, 5.74) is 1.06. The molecule has 3 aromatic rings. The van der Waals surface area contributed by atoms with Gasteiger partial charge in [0.05, 0.1) is 24.7 Å². The Kier molecular flexibility index (Phi) is 5.36. The number of carbonyl (C=O) groups is 1. The Hall–Kier alpha value is -3.22. The van der Waals surface area contributed by atoms with Crippen LogP contribution in [0.4, 0.5) is 5.69 Å². The third-order valence-corrected chi connectivity index (χ3v) is 3.49. The Morgan fingerprint density at radius 2 is 1.96 bits per heavy atom. The van der Waals surface area contributed by atoms with E-state index in [9.17, 15) is 4.79 Å². The molecule has 0 unspecified atom stereocenters. The van der Waals surface area contributed by atoms with Gasteiger partial charge < -0.3 is 10.1 Å². The van der Waals surface area contributed by atoms with E-state index in [2.05, 4.69) is 27.3 Å². The molecule has 0 aliphatic carbocycles. The number of benzene rings is 1. The normalized spacial score (nSPS) is 10.4. The molecule has 25 heavy (non-hydrogen) atoms. The van der Waals surface area contributed by atoms with Crippen LogP contribution in [0.5, 0.6) is 5.75 Å². The van der Waals surface area contributed by atoms with E-state index >= 15 is 0 Å². The summed E-state index contributed by atoms with van der Waals surface area (Å²) < 4.78 is 7.13. The number of hydrogen-bond donors (Lipinski definition) is 1. The highest BCUT2D eigenvalue weighted by Crippen LogP contribution is 2.14. The molecule has 0 aliphatic heterocycles. The van der Waals surface area contributed by atoms with Crippen LogP contribution in [-0.2, 0) is 0 Å². The summed E-state index contributed by atoms with van der Waals surface area (Å²) in [6.07, 6.45) is 8.58. The number of unbranched alkanes of at least 4 members (excludes halogenated alkanes) is 1. The summed E-state index contributed by atoms with van der Waals surface area (Å²) in [6.45, 7) is 2.80. The van der Waals surface area contributed by atoms with E-state index < -0.39 is 0 Å². The predicted molar refractivity (Wildman–Crippen MR) is 94.0 cm³/mol. The minimum atomic E-state index is -0.226. The van der Waals surface area contributed by atoms with E-state index in [0.29, 0.717) is 23.8 Å². The number of nitrogens with zero attached hydrogens (tertiary/aromatic N) is 4. The third kappa shape index (κ3) is 4.41. The number of rotatable bonds is 7. The lowest BCUT2D eigenvalue weighted by molar-refractivity contribution is 0.102. The zero-order valence-corrected chi connectivity index (χ0v) is 13.9. The molecule has 3 rings (SSSR count). The lowest BCUT2D eigenvalue weighted by Gasteiger charge is -2.07. The van der Waals surface area contributed by atoms with E-state index in [1.165, 1.54) is 0 Å². The number of amides is 1. The lowest BCUT2D eigenvalue weighted by Crippen LogP contribution is -2.13. The van der Waals surface area contributed by atoms with E-state index in [1.54, 1.807) is 59.8 Å². The van der Waals surface area contributed by atoms with Gasteiger partial charge >= 0.3 is 0 Å². The summed E-state index contributed by atoms with van der Waals surface area (Å²) in [5.74, 6) is 0.976. The average molecular weight is 337 g/mol. The van der Waals surface area contributed by atoms with Crippen LogP contribution >= 0.6 is 0 Å². The molecule has 7 nitrogen and oxygen atoms in total. The highest BCUT2D eigenvalue weighted by Gasteiger charge is 2.08. The second-order valence-electron chi connectivity index (χ2n) is 5.40. The average Bonchev–Trinajstić information content (AvgIpc) is 3.18. The van der Waals surface area contributed by atoms with Gasteiger partial charge in [-0.3, -0.25) is 4.79 Å². The summed E-state index contributed by atoms with van der Waals surface area (Å²) in [7, 11) is 0. The molecule has 0 spiro atoms. The lowest BCUT2D eigenvalue weighted by atomic mass is 10.2. The van der Waals surface area contributed by atoms with Crippen molar-refractivity contribution in [1.29, 1.82) is 0 Å². The minimum absolute atomic E-state index is 0.226. The van der Waals surface area contributed by atoms with E-state index in [1.807, 2.05) is 0 Å². The molecule has 0 aliphatic rings. The van der Waals surface area contributed by atoms with Crippen LogP contribution in [0.2, 0.25) is 0 Å². The van der Waals surface area contributed by atoms with Gasteiger partial charge in [-0.25, -0.2) is 14.6 Å². The van der Waals surface area contributed by atoms with Gasteiger partial charge in [-0.2, -0.15) is 5.10 Å². The van der Waals surface area contributed by atoms with Crippen molar-refractivity contribution >= 4 is 11.6 Å². The van der Waals surface area contributed by atoms with Gasteiger partial charge in [-0.05, 0) is 36.8 Å². The first-order valence-electron chi connectivity index (χ1n) is 8.12. The van der Waals surface area contributed by atoms with Gasteiger partial charge in [0.25, 0.3) is 11.9 Å². The number of aromatic nitrogens is 4. The Bertz CT molecular complexity index is 798. The molecule has 2 heterocycles. The maximum absolute atomic E-state index is 12.3. The molecule has 0 saturated carbocycles. The molecule has 0 fully saturated rings. The summed E-state index contributed by atoms with van der Waals surface area (Å²) in [4.78, 5) is 20.6. The minimum Gasteiger partial charge on any atom is -0.494 e. The number of ether oxygens (including phenoxy) is 1. The van der Waals surface area contributed by atoms with Crippen molar-refractivity contribution in [3.63, 3.8) is 0 Å².